The maximum Gasteiger partial charge on any atom is 0.138 e. The highest BCUT2D eigenvalue weighted by Gasteiger charge is 2.48. The second-order valence-corrected chi connectivity index (χ2v) is 3.09. The monoisotopic (exact) mass is 144 g/mol. The lowest BCUT2D eigenvalue weighted by molar-refractivity contribution is 0.203. The Morgan fingerprint density at radius 3 is 2.30 bits per heavy atom. The molecule has 1 saturated carbocycles. The number of rotatable bonds is 3. The lowest BCUT2D eigenvalue weighted by atomic mass is 9.94. The topological polar surface area (TPSA) is 60.7 Å². The van der Waals surface area contributed by atoms with Gasteiger partial charge < -0.3 is 15.3 Å². The van der Waals surface area contributed by atoms with E-state index in [-0.39, 0.29) is 30.5 Å². The molecule has 4 atom stereocenters. The quantitative estimate of drug-likeness (QED) is 0.398. The van der Waals surface area contributed by atoms with Crippen molar-refractivity contribution in [3.05, 3.63) is 0 Å². The molecule has 0 bridgehead atoms. The van der Waals surface area contributed by atoms with Crippen molar-refractivity contribution in [1.82, 2.24) is 0 Å². The van der Waals surface area contributed by atoms with Gasteiger partial charge in [0.05, 0.1) is 6.10 Å². The number of hydrogen-bond acceptors (Lipinski definition) is 3. The fourth-order valence-electron chi connectivity index (χ4n) is 1.38. The van der Waals surface area contributed by atoms with Gasteiger partial charge in [-0.05, 0) is 12.3 Å². The van der Waals surface area contributed by atoms with Crippen LogP contribution in [0.3, 0.4) is 0 Å². The second kappa shape index (κ2) is 2.90. The third-order valence-electron chi connectivity index (χ3n) is 2.11. The predicted molar refractivity (Wildman–Crippen MR) is 39.2 cm³/mol. The molecule has 0 saturated heterocycles. The van der Waals surface area contributed by atoms with Gasteiger partial charge in [-0.2, -0.15) is 0 Å². The molecule has 10 heavy (non-hydrogen) atoms. The summed E-state index contributed by atoms with van der Waals surface area (Å²) < 4.78 is 0. The molecular formula is C6H13BO3. The zero-order valence-corrected chi connectivity index (χ0v) is 6.07. The molecule has 0 aromatic rings. The van der Waals surface area contributed by atoms with Crippen LogP contribution in [0, 0.1) is 11.8 Å². The number of aliphatic hydroxyl groups is 3. The molecule has 3 N–H and O–H groups in total. The first-order valence-electron chi connectivity index (χ1n) is 3.63. The molecule has 0 aliphatic heterocycles. The highest BCUT2D eigenvalue weighted by atomic mass is 16.3. The Hall–Kier alpha value is -0.0551. The van der Waals surface area contributed by atoms with Gasteiger partial charge in [-0.1, -0.05) is 0 Å². The van der Waals surface area contributed by atoms with Crippen molar-refractivity contribution >= 4 is 7.85 Å². The minimum absolute atomic E-state index is 0.0228. The van der Waals surface area contributed by atoms with Gasteiger partial charge in [-0.3, -0.25) is 0 Å². The van der Waals surface area contributed by atoms with E-state index >= 15 is 0 Å². The lowest BCUT2D eigenvalue weighted by Gasteiger charge is -1.99. The van der Waals surface area contributed by atoms with E-state index in [0.29, 0.717) is 6.42 Å². The van der Waals surface area contributed by atoms with Crippen molar-refractivity contribution in [2.24, 2.45) is 11.8 Å². The third-order valence-corrected chi connectivity index (χ3v) is 2.11. The summed E-state index contributed by atoms with van der Waals surface area (Å²) in [4.78, 5) is 0. The molecule has 3 nitrogen and oxygen atoms in total. The van der Waals surface area contributed by atoms with Gasteiger partial charge >= 0.3 is 0 Å². The lowest BCUT2D eigenvalue weighted by Crippen LogP contribution is -2.07. The van der Waals surface area contributed by atoms with Crippen molar-refractivity contribution in [3.63, 3.8) is 0 Å². The zero-order chi connectivity index (χ0) is 7.72. The van der Waals surface area contributed by atoms with E-state index in [0.717, 1.165) is 0 Å². The molecule has 0 aromatic heterocycles. The summed E-state index contributed by atoms with van der Waals surface area (Å²) in [6.45, 7) is 0.0402. The van der Waals surface area contributed by atoms with Crippen LogP contribution in [0.4, 0.5) is 0 Å². The van der Waals surface area contributed by atoms with Crippen LogP contribution in [0.1, 0.15) is 6.42 Å². The van der Waals surface area contributed by atoms with Crippen LogP contribution >= 0.6 is 0 Å². The van der Waals surface area contributed by atoms with Gasteiger partial charge in [0.1, 0.15) is 7.85 Å². The molecule has 1 rings (SSSR count). The number of aliphatic hydroxyl groups excluding tert-OH is 3. The molecule has 0 radical (unpaired) electrons. The molecule has 0 heterocycles. The van der Waals surface area contributed by atoms with Crippen LogP contribution < -0.4 is 0 Å². The summed E-state index contributed by atoms with van der Waals surface area (Å²) >= 11 is 0. The second-order valence-electron chi connectivity index (χ2n) is 3.09. The zero-order valence-electron chi connectivity index (χ0n) is 6.07. The normalized spacial score (nSPS) is 41.3. The van der Waals surface area contributed by atoms with Crippen molar-refractivity contribution in [2.45, 2.75) is 18.5 Å². The number of hydrogen-bond donors (Lipinski definition) is 3. The van der Waals surface area contributed by atoms with E-state index in [1.54, 1.807) is 7.85 Å². The fourth-order valence-corrected chi connectivity index (χ4v) is 1.38. The molecule has 58 valence electrons. The Labute approximate surface area is 61.1 Å². The summed E-state index contributed by atoms with van der Waals surface area (Å²) in [5.74, 6) is 0.152. The Balaban J connectivity index is 2.21. The summed E-state index contributed by atoms with van der Waals surface area (Å²) in [6.07, 6.45) is 0.228. The van der Waals surface area contributed by atoms with Gasteiger partial charge in [0.25, 0.3) is 0 Å². The minimum Gasteiger partial charge on any atom is -0.402 e. The Bertz CT molecular complexity index is 118. The largest absolute Gasteiger partial charge is 0.402 e. The van der Waals surface area contributed by atoms with Gasteiger partial charge in [0.15, 0.2) is 0 Å². The van der Waals surface area contributed by atoms with Crippen molar-refractivity contribution < 1.29 is 15.3 Å². The van der Waals surface area contributed by atoms with Crippen molar-refractivity contribution in [1.29, 1.82) is 0 Å². The first-order chi connectivity index (χ1) is 4.66. The molecule has 1 aliphatic rings. The van der Waals surface area contributed by atoms with E-state index in [1.807, 2.05) is 0 Å². The molecular weight excluding hydrogens is 131 g/mol. The maximum absolute atomic E-state index is 9.06. The Kier molecular flexibility index (Phi) is 2.34. The standard InChI is InChI=1S/C6H13BO3/c7-5(9)1-3-4(2-8)6(3)10/h3-6,8-10H,1-2,7H2/t3?,4-,5?,6?/m0/s1. The smallest absolute Gasteiger partial charge is 0.138 e. The summed E-state index contributed by atoms with van der Waals surface area (Å²) in [6, 6.07) is -0.365. The summed E-state index contributed by atoms with van der Waals surface area (Å²) in [5, 5.41) is 26.6. The van der Waals surface area contributed by atoms with Crippen LogP contribution in [-0.4, -0.2) is 41.9 Å². The van der Waals surface area contributed by atoms with E-state index in [1.165, 1.54) is 0 Å². The molecule has 4 heteroatoms. The highest BCUT2D eigenvalue weighted by Crippen LogP contribution is 2.41. The van der Waals surface area contributed by atoms with Gasteiger partial charge in [-0.25, -0.2) is 0 Å². The van der Waals surface area contributed by atoms with Crippen LogP contribution in [0.5, 0.6) is 0 Å². The molecule has 1 aliphatic carbocycles. The van der Waals surface area contributed by atoms with Gasteiger partial charge in [-0.15, -0.1) is 0 Å². The Morgan fingerprint density at radius 1 is 1.40 bits per heavy atom. The summed E-state index contributed by atoms with van der Waals surface area (Å²) in [5.41, 5.74) is 0. The van der Waals surface area contributed by atoms with Crippen LogP contribution in [-0.2, 0) is 0 Å². The van der Waals surface area contributed by atoms with Crippen molar-refractivity contribution in [3.8, 4) is 0 Å². The molecule has 3 unspecified atom stereocenters. The van der Waals surface area contributed by atoms with Crippen molar-refractivity contribution in [2.75, 3.05) is 6.61 Å². The maximum atomic E-state index is 9.06. The average Bonchev–Trinajstić information content (AvgIpc) is 2.41. The van der Waals surface area contributed by atoms with E-state index in [2.05, 4.69) is 0 Å². The first-order valence-corrected chi connectivity index (χ1v) is 3.63. The van der Waals surface area contributed by atoms with Crippen LogP contribution in [0.25, 0.3) is 0 Å². The van der Waals surface area contributed by atoms with E-state index in [4.69, 9.17) is 15.3 Å². The van der Waals surface area contributed by atoms with E-state index < -0.39 is 0 Å². The fraction of sp³-hybridized carbons (Fsp3) is 1.00. The highest BCUT2D eigenvalue weighted by molar-refractivity contribution is 6.10. The van der Waals surface area contributed by atoms with E-state index in [9.17, 15) is 0 Å². The molecule has 0 aromatic carbocycles. The van der Waals surface area contributed by atoms with Gasteiger partial charge in [0, 0.05) is 18.5 Å². The SMILES string of the molecule is BC(O)CC1C(O)[C@H]1CO. The Morgan fingerprint density at radius 2 is 2.00 bits per heavy atom. The predicted octanol–water partition coefficient (Wildman–Crippen LogP) is -2.07. The molecule has 1 fully saturated rings. The molecule has 0 spiro atoms. The van der Waals surface area contributed by atoms with Crippen LogP contribution in [0.15, 0.2) is 0 Å². The first kappa shape index (κ1) is 8.05. The third kappa shape index (κ3) is 1.51. The average molecular weight is 144 g/mol. The van der Waals surface area contributed by atoms with Crippen LogP contribution in [0.2, 0.25) is 0 Å². The molecule has 0 amide bonds. The summed E-state index contributed by atoms with van der Waals surface area (Å²) in [7, 11) is 1.69. The minimum atomic E-state index is -0.375. The van der Waals surface area contributed by atoms with Gasteiger partial charge in [0.2, 0.25) is 0 Å².